The molecule has 0 aliphatic carbocycles. The van der Waals surface area contributed by atoms with E-state index in [1.807, 2.05) is 18.2 Å². The van der Waals surface area contributed by atoms with Crippen LogP contribution in [0, 0.1) is 0 Å². The molecule has 128 valence electrons. The Morgan fingerprint density at radius 2 is 1.96 bits per heavy atom. The molecule has 1 aliphatic heterocycles. The number of ether oxygens (including phenoxy) is 1. The molecule has 7 heteroatoms. The van der Waals surface area contributed by atoms with Gasteiger partial charge in [-0.15, -0.1) is 0 Å². The highest BCUT2D eigenvalue weighted by Gasteiger charge is 2.09. The van der Waals surface area contributed by atoms with Crippen LogP contribution in [-0.2, 0) is 0 Å². The first-order valence-electron chi connectivity index (χ1n) is 8.08. The van der Waals surface area contributed by atoms with Gasteiger partial charge in [0.15, 0.2) is 0 Å². The number of hydrogen-bond donors (Lipinski definition) is 3. The number of carbonyl (C=O) groups is 1. The minimum absolute atomic E-state index is 0.127. The summed E-state index contributed by atoms with van der Waals surface area (Å²) in [4.78, 5) is 14.0. The fourth-order valence-corrected chi connectivity index (χ4v) is 2.53. The lowest BCUT2D eigenvalue weighted by Crippen LogP contribution is -2.47. The number of carbonyl (C=O) groups excluding carboxylic acids is 1. The van der Waals surface area contributed by atoms with E-state index in [-0.39, 0.29) is 6.03 Å². The molecular weight excluding hydrogens is 316 g/mol. The van der Waals surface area contributed by atoms with Crippen LogP contribution >= 0.6 is 11.6 Å². The predicted molar refractivity (Wildman–Crippen MR) is 92.3 cm³/mol. The molecule has 0 bridgehead atoms. The molecule has 0 radical (unpaired) electrons. The second-order valence-corrected chi connectivity index (χ2v) is 5.81. The molecule has 2 rings (SSSR count). The molecule has 0 unspecified atom stereocenters. The molecule has 1 aromatic carbocycles. The van der Waals surface area contributed by atoms with E-state index in [2.05, 4.69) is 20.9 Å². The molecule has 3 N–H and O–H groups in total. The number of rotatable bonds is 8. The van der Waals surface area contributed by atoms with Gasteiger partial charge in [0.25, 0.3) is 0 Å². The number of nitrogens with one attached hydrogen (secondary N) is 3. The maximum atomic E-state index is 11.7. The lowest BCUT2D eigenvalue weighted by atomic mass is 10.3. The van der Waals surface area contributed by atoms with E-state index < -0.39 is 0 Å². The number of nitrogens with zero attached hydrogens (tertiary/aromatic N) is 1. The summed E-state index contributed by atoms with van der Waals surface area (Å²) in [6.45, 7) is 6.79. The number of urea groups is 1. The maximum absolute atomic E-state index is 11.7. The molecule has 1 heterocycles. The first-order valence-corrected chi connectivity index (χ1v) is 8.45. The van der Waals surface area contributed by atoms with Crippen molar-refractivity contribution in [3.8, 4) is 5.75 Å². The Bertz CT molecular complexity index is 481. The van der Waals surface area contributed by atoms with Crippen molar-refractivity contribution in [2.75, 3.05) is 52.4 Å². The highest BCUT2D eigenvalue weighted by molar-refractivity contribution is 6.32. The van der Waals surface area contributed by atoms with Crippen LogP contribution in [0.5, 0.6) is 5.75 Å². The van der Waals surface area contributed by atoms with E-state index in [9.17, 15) is 4.79 Å². The van der Waals surface area contributed by atoms with Crippen molar-refractivity contribution >= 4 is 17.6 Å². The zero-order valence-electron chi connectivity index (χ0n) is 13.3. The fourth-order valence-electron chi connectivity index (χ4n) is 2.34. The molecule has 1 saturated heterocycles. The number of amides is 2. The molecule has 23 heavy (non-hydrogen) atoms. The Morgan fingerprint density at radius 1 is 1.22 bits per heavy atom. The van der Waals surface area contributed by atoms with Crippen LogP contribution in [0.3, 0.4) is 0 Å². The standard InChI is InChI=1S/C16H25ClN4O2/c17-14-4-1-2-5-15(14)23-13-3-6-19-16(22)20-9-12-21-10-7-18-8-11-21/h1-2,4-5,18H,3,6-13H2,(H2,19,20,22). The number of piperazine rings is 1. The average molecular weight is 341 g/mol. The smallest absolute Gasteiger partial charge is 0.314 e. The molecule has 2 amide bonds. The Kier molecular flexibility index (Phi) is 8.00. The van der Waals surface area contributed by atoms with Crippen molar-refractivity contribution in [3.63, 3.8) is 0 Å². The van der Waals surface area contributed by atoms with E-state index in [0.29, 0.717) is 30.5 Å². The first kappa shape index (κ1) is 17.8. The topological polar surface area (TPSA) is 65.6 Å². The highest BCUT2D eigenvalue weighted by Crippen LogP contribution is 2.22. The van der Waals surface area contributed by atoms with E-state index in [4.69, 9.17) is 16.3 Å². The fraction of sp³-hybridized carbons (Fsp3) is 0.562. The monoisotopic (exact) mass is 340 g/mol. The third-order valence-electron chi connectivity index (χ3n) is 3.62. The summed E-state index contributed by atoms with van der Waals surface area (Å²) in [7, 11) is 0. The molecule has 0 saturated carbocycles. The normalized spacial score (nSPS) is 15.2. The zero-order valence-corrected chi connectivity index (χ0v) is 14.1. The van der Waals surface area contributed by atoms with Crippen molar-refractivity contribution < 1.29 is 9.53 Å². The zero-order chi connectivity index (χ0) is 16.3. The van der Waals surface area contributed by atoms with Gasteiger partial charge in [-0.2, -0.15) is 0 Å². The molecule has 1 aromatic rings. The van der Waals surface area contributed by atoms with Crippen LogP contribution in [-0.4, -0.2) is 63.4 Å². The van der Waals surface area contributed by atoms with E-state index >= 15 is 0 Å². The van der Waals surface area contributed by atoms with Gasteiger partial charge in [-0.3, -0.25) is 4.90 Å². The summed E-state index contributed by atoms with van der Waals surface area (Å²) >= 11 is 6.00. The van der Waals surface area contributed by atoms with Gasteiger partial charge in [0, 0.05) is 45.8 Å². The highest BCUT2D eigenvalue weighted by atomic mass is 35.5. The van der Waals surface area contributed by atoms with E-state index in [1.165, 1.54) is 0 Å². The SMILES string of the molecule is O=C(NCCCOc1ccccc1Cl)NCCN1CCNCC1. The van der Waals surface area contributed by atoms with Crippen LogP contribution in [0.4, 0.5) is 4.79 Å². The minimum Gasteiger partial charge on any atom is -0.492 e. The van der Waals surface area contributed by atoms with Gasteiger partial charge < -0.3 is 20.7 Å². The van der Waals surface area contributed by atoms with Gasteiger partial charge in [0.05, 0.1) is 11.6 Å². The lowest BCUT2D eigenvalue weighted by molar-refractivity contribution is 0.226. The van der Waals surface area contributed by atoms with Crippen molar-refractivity contribution in [1.82, 2.24) is 20.9 Å². The summed E-state index contributed by atoms with van der Waals surface area (Å²) < 4.78 is 5.56. The van der Waals surface area contributed by atoms with Crippen LogP contribution in [0.1, 0.15) is 6.42 Å². The second kappa shape index (κ2) is 10.3. The average Bonchev–Trinajstić information content (AvgIpc) is 2.57. The van der Waals surface area contributed by atoms with Gasteiger partial charge in [0.2, 0.25) is 0 Å². The molecule has 0 atom stereocenters. The quantitative estimate of drug-likeness (QED) is 0.624. The van der Waals surface area contributed by atoms with Crippen molar-refractivity contribution in [1.29, 1.82) is 0 Å². The van der Waals surface area contributed by atoms with Gasteiger partial charge in [-0.05, 0) is 18.6 Å². The van der Waals surface area contributed by atoms with Gasteiger partial charge in [-0.25, -0.2) is 4.79 Å². The third-order valence-corrected chi connectivity index (χ3v) is 3.94. The predicted octanol–water partition coefficient (Wildman–Crippen LogP) is 1.31. The number of para-hydroxylation sites is 1. The van der Waals surface area contributed by atoms with Crippen molar-refractivity contribution in [2.45, 2.75) is 6.42 Å². The Labute approximate surface area is 142 Å². The molecule has 1 aliphatic rings. The second-order valence-electron chi connectivity index (χ2n) is 5.41. The number of halogens is 1. The van der Waals surface area contributed by atoms with Crippen LogP contribution in [0.2, 0.25) is 5.02 Å². The Hall–Kier alpha value is -1.50. The molecule has 1 fully saturated rings. The van der Waals surface area contributed by atoms with E-state index in [1.54, 1.807) is 6.07 Å². The summed E-state index contributed by atoms with van der Waals surface area (Å²) in [5.74, 6) is 0.676. The summed E-state index contributed by atoms with van der Waals surface area (Å²) in [6.07, 6.45) is 0.733. The molecule has 6 nitrogen and oxygen atoms in total. The maximum Gasteiger partial charge on any atom is 0.314 e. The summed E-state index contributed by atoms with van der Waals surface area (Å²) in [6, 6.07) is 7.24. The summed E-state index contributed by atoms with van der Waals surface area (Å²) in [5, 5.41) is 9.61. The van der Waals surface area contributed by atoms with Gasteiger partial charge in [0.1, 0.15) is 5.75 Å². The van der Waals surface area contributed by atoms with Crippen LogP contribution < -0.4 is 20.7 Å². The van der Waals surface area contributed by atoms with Gasteiger partial charge >= 0.3 is 6.03 Å². The third kappa shape index (κ3) is 7.07. The molecule has 0 spiro atoms. The van der Waals surface area contributed by atoms with Gasteiger partial charge in [-0.1, -0.05) is 23.7 Å². The van der Waals surface area contributed by atoms with E-state index in [0.717, 1.165) is 39.1 Å². The summed E-state index contributed by atoms with van der Waals surface area (Å²) in [5.41, 5.74) is 0. The molecular formula is C16H25ClN4O2. The van der Waals surface area contributed by atoms with Crippen molar-refractivity contribution in [3.05, 3.63) is 29.3 Å². The minimum atomic E-state index is -0.127. The number of hydrogen-bond acceptors (Lipinski definition) is 4. The van der Waals surface area contributed by atoms with Crippen LogP contribution in [0.25, 0.3) is 0 Å². The largest absolute Gasteiger partial charge is 0.492 e. The Balaban J connectivity index is 1.47. The molecule has 0 aromatic heterocycles. The Morgan fingerprint density at radius 3 is 2.74 bits per heavy atom. The first-order chi connectivity index (χ1) is 11.3. The number of benzene rings is 1. The van der Waals surface area contributed by atoms with Crippen molar-refractivity contribution in [2.24, 2.45) is 0 Å². The lowest BCUT2D eigenvalue weighted by Gasteiger charge is -2.27. The van der Waals surface area contributed by atoms with Crippen LogP contribution in [0.15, 0.2) is 24.3 Å².